The van der Waals surface area contributed by atoms with Crippen molar-refractivity contribution in [2.24, 2.45) is 12.0 Å². The number of rotatable bonds is 9. The molecule has 1 aromatic heterocycles. The van der Waals surface area contributed by atoms with Crippen LogP contribution in [0.3, 0.4) is 0 Å². The molecule has 0 amide bonds. The predicted molar refractivity (Wildman–Crippen MR) is 119 cm³/mol. The Morgan fingerprint density at radius 2 is 2.30 bits per heavy atom. The fourth-order valence-corrected chi connectivity index (χ4v) is 2.88. The maximum Gasteiger partial charge on any atom is 0.191 e. The molecule has 9 heteroatoms. The van der Waals surface area contributed by atoms with Crippen LogP contribution in [0.4, 0.5) is 0 Å². The summed E-state index contributed by atoms with van der Waals surface area (Å²) >= 11 is 0. The molecule has 0 bridgehead atoms. The summed E-state index contributed by atoms with van der Waals surface area (Å²) in [5, 5.41) is 11.0. The topological polar surface area (TPSA) is 75.9 Å². The molecule has 1 aliphatic rings. The fraction of sp³-hybridized carbons (Fsp3) is 0.778. The molecule has 156 valence electrons. The maximum absolute atomic E-state index is 5.89. The molecule has 1 aromatic rings. The van der Waals surface area contributed by atoms with Crippen LogP contribution < -0.4 is 10.6 Å². The summed E-state index contributed by atoms with van der Waals surface area (Å²) in [5.41, 5.74) is 1.16. The third kappa shape index (κ3) is 8.32. The molecule has 27 heavy (non-hydrogen) atoms. The number of halogens is 1. The highest BCUT2D eigenvalue weighted by Crippen LogP contribution is 2.17. The van der Waals surface area contributed by atoms with Crippen molar-refractivity contribution in [3.8, 4) is 0 Å². The molecule has 0 spiro atoms. The first-order valence-electron chi connectivity index (χ1n) is 9.38. The number of nitrogens with zero attached hydrogens (tertiary/aromatic N) is 4. The van der Waals surface area contributed by atoms with Crippen molar-refractivity contribution >= 4 is 29.9 Å². The molecule has 0 saturated carbocycles. The van der Waals surface area contributed by atoms with Gasteiger partial charge in [-0.2, -0.15) is 5.10 Å². The van der Waals surface area contributed by atoms with Crippen LogP contribution in [0.5, 0.6) is 0 Å². The molecule has 2 rings (SSSR count). The van der Waals surface area contributed by atoms with Gasteiger partial charge in [0.25, 0.3) is 0 Å². The molecular formula is C18H35IN6O2. The van der Waals surface area contributed by atoms with Crippen molar-refractivity contribution < 1.29 is 9.47 Å². The monoisotopic (exact) mass is 494 g/mol. The van der Waals surface area contributed by atoms with E-state index in [1.165, 1.54) is 0 Å². The van der Waals surface area contributed by atoms with Crippen molar-refractivity contribution in [1.82, 2.24) is 25.3 Å². The van der Waals surface area contributed by atoms with Crippen molar-refractivity contribution in [3.05, 3.63) is 18.0 Å². The van der Waals surface area contributed by atoms with Gasteiger partial charge in [-0.15, -0.1) is 24.0 Å². The van der Waals surface area contributed by atoms with Crippen LogP contribution in [0, 0.1) is 0 Å². The van der Waals surface area contributed by atoms with Crippen molar-refractivity contribution in [2.45, 2.75) is 38.5 Å². The maximum atomic E-state index is 5.89. The zero-order valence-corrected chi connectivity index (χ0v) is 19.5. The van der Waals surface area contributed by atoms with Crippen LogP contribution in [0.15, 0.2) is 17.4 Å². The Bertz CT molecular complexity index is 560. The van der Waals surface area contributed by atoms with E-state index in [2.05, 4.69) is 48.6 Å². The van der Waals surface area contributed by atoms with Gasteiger partial charge in [-0.1, -0.05) is 0 Å². The van der Waals surface area contributed by atoms with Gasteiger partial charge >= 0.3 is 0 Å². The third-order valence-electron chi connectivity index (χ3n) is 4.35. The lowest BCUT2D eigenvalue weighted by molar-refractivity contribution is 0.0347. The molecule has 3 atom stereocenters. The molecule has 2 heterocycles. The van der Waals surface area contributed by atoms with Crippen molar-refractivity contribution in [1.29, 1.82) is 0 Å². The minimum atomic E-state index is 0. The fourth-order valence-electron chi connectivity index (χ4n) is 2.88. The Labute approximate surface area is 180 Å². The van der Waals surface area contributed by atoms with Gasteiger partial charge in [0.2, 0.25) is 0 Å². The lowest BCUT2D eigenvalue weighted by Crippen LogP contribution is -2.45. The third-order valence-corrected chi connectivity index (χ3v) is 4.35. The van der Waals surface area contributed by atoms with Crippen LogP contribution >= 0.6 is 24.0 Å². The predicted octanol–water partition coefficient (Wildman–Crippen LogP) is 1.39. The molecule has 0 radical (unpaired) electrons. The summed E-state index contributed by atoms with van der Waals surface area (Å²) in [5.74, 6) is 0.807. The number of nitrogens with one attached hydrogen (secondary N) is 2. The molecular weight excluding hydrogens is 459 g/mol. The van der Waals surface area contributed by atoms with Gasteiger partial charge < -0.3 is 25.0 Å². The van der Waals surface area contributed by atoms with Crippen LogP contribution in [0.25, 0.3) is 0 Å². The molecule has 0 aromatic carbocycles. The molecule has 2 N–H and O–H groups in total. The smallest absolute Gasteiger partial charge is 0.191 e. The number of guanidine groups is 1. The van der Waals surface area contributed by atoms with Gasteiger partial charge in [-0.25, -0.2) is 0 Å². The second kappa shape index (κ2) is 12.5. The van der Waals surface area contributed by atoms with Gasteiger partial charge in [0.1, 0.15) is 0 Å². The Kier molecular flexibility index (Phi) is 11.2. The minimum Gasteiger partial charge on any atom is -0.379 e. The van der Waals surface area contributed by atoms with Gasteiger partial charge in [0, 0.05) is 38.0 Å². The Balaban J connectivity index is 0.00000364. The second-order valence-corrected chi connectivity index (χ2v) is 7.01. The summed E-state index contributed by atoms with van der Waals surface area (Å²) in [6.45, 7) is 7.78. The van der Waals surface area contributed by atoms with Crippen molar-refractivity contribution in [2.75, 3.05) is 47.0 Å². The second-order valence-electron chi connectivity index (χ2n) is 7.01. The first-order chi connectivity index (χ1) is 12.5. The number of aryl methyl sites for hydroxylation is 1. The van der Waals surface area contributed by atoms with E-state index in [-0.39, 0.29) is 42.2 Å². The van der Waals surface area contributed by atoms with Crippen LogP contribution in [-0.2, 0) is 16.5 Å². The van der Waals surface area contributed by atoms with Gasteiger partial charge in [-0.3, -0.25) is 9.67 Å². The average molecular weight is 494 g/mol. The van der Waals surface area contributed by atoms with Crippen molar-refractivity contribution in [3.63, 3.8) is 0 Å². The standard InChI is InChI=1S/C18H34N6O2.HI/c1-6-19-18(22-14(2)12-26-16-7-8-25-13-16)20-10-17(23(3)4)15-9-21-24(5)11-15;/h9,11,14,16-17H,6-8,10,12-13H2,1-5H3,(H2,19,20,22);1H. The number of ether oxygens (including phenoxy) is 2. The number of likely N-dealkylation sites (N-methyl/N-ethyl adjacent to an activating group) is 1. The summed E-state index contributed by atoms with van der Waals surface area (Å²) in [4.78, 5) is 6.94. The Morgan fingerprint density at radius 3 is 2.85 bits per heavy atom. The summed E-state index contributed by atoms with van der Waals surface area (Å²) in [7, 11) is 6.06. The van der Waals surface area contributed by atoms with E-state index >= 15 is 0 Å². The summed E-state index contributed by atoms with van der Waals surface area (Å²) < 4.78 is 13.1. The molecule has 3 unspecified atom stereocenters. The Morgan fingerprint density at radius 1 is 1.52 bits per heavy atom. The van der Waals surface area contributed by atoms with E-state index < -0.39 is 0 Å². The van der Waals surface area contributed by atoms with Crippen LogP contribution in [-0.4, -0.2) is 79.8 Å². The first-order valence-corrected chi connectivity index (χ1v) is 9.38. The van der Waals surface area contributed by atoms with E-state index in [0.717, 1.165) is 31.1 Å². The minimum absolute atomic E-state index is 0. The number of hydrogen-bond acceptors (Lipinski definition) is 5. The lowest BCUT2D eigenvalue weighted by Gasteiger charge is -2.23. The highest BCUT2D eigenvalue weighted by atomic mass is 127. The lowest BCUT2D eigenvalue weighted by atomic mass is 10.1. The SMILES string of the molecule is CCNC(=NCC(c1cnn(C)c1)N(C)C)NC(C)COC1CCOC1.I. The number of aromatic nitrogens is 2. The molecule has 8 nitrogen and oxygen atoms in total. The highest BCUT2D eigenvalue weighted by molar-refractivity contribution is 14.0. The molecule has 0 aliphatic carbocycles. The first kappa shape index (κ1) is 24.1. The highest BCUT2D eigenvalue weighted by Gasteiger charge is 2.18. The van der Waals surface area contributed by atoms with Gasteiger partial charge in [-0.05, 0) is 34.4 Å². The normalized spacial score (nSPS) is 19.6. The zero-order valence-electron chi connectivity index (χ0n) is 17.1. The van der Waals surface area contributed by atoms with Gasteiger partial charge in [0.05, 0.1) is 38.1 Å². The average Bonchev–Trinajstić information content (AvgIpc) is 3.25. The summed E-state index contributed by atoms with van der Waals surface area (Å²) in [6, 6.07) is 0.353. The van der Waals surface area contributed by atoms with E-state index in [4.69, 9.17) is 14.5 Å². The number of hydrogen-bond donors (Lipinski definition) is 2. The van der Waals surface area contributed by atoms with E-state index in [1.54, 1.807) is 0 Å². The largest absolute Gasteiger partial charge is 0.379 e. The molecule has 1 aliphatic heterocycles. The quantitative estimate of drug-likeness (QED) is 0.307. The number of aliphatic imine (C=N–C) groups is 1. The van der Waals surface area contributed by atoms with E-state index in [9.17, 15) is 0 Å². The van der Waals surface area contributed by atoms with E-state index in [1.807, 2.05) is 24.1 Å². The molecule has 1 fully saturated rings. The van der Waals surface area contributed by atoms with Crippen LogP contribution in [0.1, 0.15) is 31.9 Å². The van der Waals surface area contributed by atoms with Gasteiger partial charge in [0.15, 0.2) is 5.96 Å². The van der Waals surface area contributed by atoms with Crippen LogP contribution in [0.2, 0.25) is 0 Å². The van der Waals surface area contributed by atoms with E-state index in [0.29, 0.717) is 19.8 Å². The molecule has 1 saturated heterocycles. The zero-order chi connectivity index (χ0) is 18.9. The Hall–Kier alpha value is -0.910. The summed E-state index contributed by atoms with van der Waals surface area (Å²) in [6.07, 6.45) is 5.15.